The van der Waals surface area contributed by atoms with Crippen LogP contribution in [0, 0.1) is 0 Å². The van der Waals surface area contributed by atoms with Crippen molar-refractivity contribution in [3.05, 3.63) is 230 Å². The van der Waals surface area contributed by atoms with Crippen molar-refractivity contribution in [2.45, 2.75) is 91.1 Å². The Morgan fingerprint density at radius 3 is 0.742 bits per heavy atom. The summed E-state index contributed by atoms with van der Waals surface area (Å²) in [6, 6.07) is 80.8. The number of hydrogen-bond acceptors (Lipinski definition) is 0. The maximum atomic E-state index is 2.45. The second kappa shape index (κ2) is 27.8. The topological polar surface area (TPSA) is 0 Å². The molecule has 0 aliphatic rings. The van der Waals surface area contributed by atoms with E-state index in [1.54, 1.807) is 0 Å². The molecule has 0 bridgehead atoms. The Morgan fingerprint density at radius 2 is 0.576 bits per heavy atom. The molecule has 6 heteroatoms. The summed E-state index contributed by atoms with van der Waals surface area (Å²) < 4.78 is 0. The second-order valence-electron chi connectivity index (χ2n) is 17.8. The fourth-order valence-electron chi connectivity index (χ4n) is 9.07. The standard InChI is InChI=1S/2C26H25Si.C8H19Si.2ClH.Hf/c2*1-21(2)22-18-19-26(20-22)27(23-12-6-3-7-13-23,24-14-8-4-9-15-24)25-16-10-5-11-17-25;1-5-7(3)9-8(4)6-2;;;/h2*3-21H,1-2H3;7-9H,5-6H2,1-4H3;2*1H;/q2*-1;;;;+4/p-2. The number of halogens is 2. The number of rotatable bonds is 14. The number of benzene rings is 6. The molecule has 8 rings (SSSR count). The van der Waals surface area contributed by atoms with E-state index in [-0.39, 0.29) is 50.7 Å². The molecular weight excluding hydrogens is 1050 g/mol. The Labute approximate surface area is 434 Å². The molecule has 1 radical (unpaired) electrons. The summed E-state index contributed by atoms with van der Waals surface area (Å²) in [7, 11) is -3.93. The summed E-state index contributed by atoms with van der Waals surface area (Å²) >= 11 is 0. The van der Waals surface area contributed by atoms with Gasteiger partial charge in [0, 0.05) is 9.52 Å². The molecule has 0 aromatic heterocycles. The summed E-state index contributed by atoms with van der Waals surface area (Å²) in [4.78, 5) is 0. The van der Waals surface area contributed by atoms with Gasteiger partial charge in [0.05, 0.1) is 0 Å². The van der Waals surface area contributed by atoms with Crippen LogP contribution >= 0.6 is 0 Å². The van der Waals surface area contributed by atoms with Crippen molar-refractivity contribution < 1.29 is 50.7 Å². The molecule has 339 valence electrons. The van der Waals surface area contributed by atoms with Gasteiger partial charge in [-0.05, 0) is 11.8 Å². The summed E-state index contributed by atoms with van der Waals surface area (Å²) in [5.74, 6) is 1.07. The smallest absolute Gasteiger partial charge is 1.00 e. The molecule has 0 nitrogen and oxygen atoms in total. The molecule has 0 saturated carbocycles. The van der Waals surface area contributed by atoms with Gasteiger partial charge in [0.15, 0.2) is 0 Å². The Bertz CT molecular complexity index is 2120. The second-order valence-corrected chi connectivity index (χ2v) is 28.1. The fraction of sp³-hybridized carbons (Fsp3) is 0.233. The van der Waals surface area contributed by atoms with Gasteiger partial charge in [-0.15, -0.1) is 0 Å². The summed E-state index contributed by atoms with van der Waals surface area (Å²) in [5.41, 5.74) is 4.87. The fourth-order valence-corrected chi connectivity index (χ4v) is 20.3. The minimum absolute atomic E-state index is 0. The van der Waals surface area contributed by atoms with E-state index in [4.69, 9.17) is 0 Å². The monoisotopic (exact) mass is 1120 g/mol. The van der Waals surface area contributed by atoms with E-state index in [1.165, 1.54) is 65.5 Å². The van der Waals surface area contributed by atoms with Gasteiger partial charge in [-0.3, -0.25) is 0 Å². The Hall–Kier alpha value is -3.88. The van der Waals surface area contributed by atoms with Crippen molar-refractivity contribution in [3.8, 4) is 0 Å². The Kier molecular flexibility index (Phi) is 23.8. The minimum Gasteiger partial charge on any atom is -1.00 e. The van der Waals surface area contributed by atoms with Crippen molar-refractivity contribution >= 4 is 67.2 Å². The average molecular weight is 1120 g/mol. The van der Waals surface area contributed by atoms with Crippen LogP contribution in [0.1, 0.15) is 91.2 Å². The van der Waals surface area contributed by atoms with Crippen molar-refractivity contribution in [2.75, 3.05) is 0 Å². The predicted octanol–water partition coefficient (Wildman–Crippen LogP) is 4.68. The van der Waals surface area contributed by atoms with E-state index in [1.807, 2.05) is 0 Å². The van der Waals surface area contributed by atoms with Crippen LogP contribution in [0.25, 0.3) is 0 Å². The molecule has 2 unspecified atom stereocenters. The molecule has 8 aromatic carbocycles. The van der Waals surface area contributed by atoms with Crippen LogP contribution in [0.2, 0.25) is 11.1 Å². The molecule has 2 atom stereocenters. The Morgan fingerprint density at radius 1 is 0.364 bits per heavy atom. The van der Waals surface area contributed by atoms with Gasteiger partial charge >= 0.3 is 25.8 Å². The van der Waals surface area contributed by atoms with E-state index >= 15 is 0 Å². The zero-order valence-corrected chi connectivity index (χ0v) is 48.6. The van der Waals surface area contributed by atoms with Crippen LogP contribution in [0.15, 0.2) is 218 Å². The molecule has 66 heavy (non-hydrogen) atoms. The molecule has 0 heterocycles. The normalized spacial score (nSPS) is 11.9. The van der Waals surface area contributed by atoms with Crippen LogP contribution in [-0.2, 0) is 25.8 Å². The zero-order chi connectivity index (χ0) is 44.7. The molecule has 0 fully saturated rings. The van der Waals surface area contributed by atoms with Gasteiger partial charge in [0.2, 0.25) is 0 Å². The first kappa shape index (κ1) is 56.4. The first-order valence-electron chi connectivity index (χ1n) is 23.4. The van der Waals surface area contributed by atoms with Crippen molar-refractivity contribution in [2.24, 2.45) is 0 Å². The molecule has 0 spiro atoms. The van der Waals surface area contributed by atoms with Gasteiger partial charge in [-0.1, -0.05) is 292 Å². The van der Waals surface area contributed by atoms with Crippen LogP contribution in [0.3, 0.4) is 0 Å². The van der Waals surface area contributed by atoms with Crippen LogP contribution in [0.4, 0.5) is 0 Å². The van der Waals surface area contributed by atoms with E-state index in [0.29, 0.717) is 11.8 Å². The molecule has 0 aliphatic heterocycles. The van der Waals surface area contributed by atoms with E-state index in [2.05, 4.69) is 274 Å². The molecule has 0 aliphatic carbocycles. The van der Waals surface area contributed by atoms with E-state index in [0.717, 1.165) is 20.6 Å². The van der Waals surface area contributed by atoms with Gasteiger partial charge in [0.1, 0.15) is 16.1 Å². The maximum absolute atomic E-state index is 2.45. The number of hydrogen-bond donors (Lipinski definition) is 0. The first-order chi connectivity index (χ1) is 30.7. The van der Waals surface area contributed by atoms with E-state index < -0.39 is 16.1 Å². The largest absolute Gasteiger partial charge is 4.00 e. The maximum Gasteiger partial charge on any atom is 4.00 e. The van der Waals surface area contributed by atoms with Crippen LogP contribution < -0.4 is 66.3 Å². The van der Waals surface area contributed by atoms with Crippen LogP contribution in [0.5, 0.6) is 0 Å². The minimum atomic E-state index is -2.32. The Balaban J connectivity index is 0.000000285. The quantitative estimate of drug-likeness (QED) is 0.0845. The van der Waals surface area contributed by atoms with Crippen LogP contribution in [-0.4, -0.2) is 25.7 Å². The molecule has 0 N–H and O–H groups in total. The molecule has 8 aromatic rings. The van der Waals surface area contributed by atoms with Crippen molar-refractivity contribution in [3.63, 3.8) is 0 Å². The first-order valence-corrected chi connectivity index (χ1v) is 28.7. The molecule has 0 amide bonds. The summed E-state index contributed by atoms with van der Waals surface area (Å²) in [6.07, 6.45) is 2.75. The molecule has 0 saturated heterocycles. The third kappa shape index (κ3) is 13.2. The van der Waals surface area contributed by atoms with Gasteiger partial charge in [-0.2, -0.15) is 45.8 Å². The van der Waals surface area contributed by atoms with Crippen molar-refractivity contribution in [1.82, 2.24) is 0 Å². The predicted molar refractivity (Wildman–Crippen MR) is 286 cm³/mol. The van der Waals surface area contributed by atoms with Gasteiger partial charge < -0.3 is 24.8 Å². The van der Waals surface area contributed by atoms with Gasteiger partial charge in [-0.25, -0.2) is 12.1 Å². The van der Waals surface area contributed by atoms with E-state index in [9.17, 15) is 0 Å². The summed E-state index contributed by atoms with van der Waals surface area (Å²) in [5, 5.41) is 11.5. The third-order valence-corrected chi connectivity index (χ3v) is 24.7. The average Bonchev–Trinajstić information content (AvgIpc) is 4.05. The zero-order valence-electron chi connectivity index (χ0n) is 40.3. The molecular formula is C60H69Cl2HfSi3. The van der Waals surface area contributed by atoms with Crippen molar-refractivity contribution in [1.29, 1.82) is 0 Å². The summed E-state index contributed by atoms with van der Waals surface area (Å²) in [6.45, 7) is 18.4. The third-order valence-electron chi connectivity index (χ3n) is 12.9. The van der Waals surface area contributed by atoms with Gasteiger partial charge in [0.25, 0.3) is 0 Å². The SMILES string of the molecule is CC(C)c1cc([Si](c2ccccc2)(c2ccccc2)c2ccccc2)c[cH-]1.CC(C)c1cc([Si](c2ccccc2)(c2ccccc2)c2ccccc2)c[cH-]1.CCC(C)[SiH]C(C)CC.[Cl-].[Cl-].[Hf+4].